The third-order valence-electron chi connectivity index (χ3n) is 2.27. The number of rotatable bonds is 3. The molecule has 0 saturated carbocycles. The Bertz CT molecular complexity index is 387. The Labute approximate surface area is 87.7 Å². The van der Waals surface area contributed by atoms with E-state index in [0.29, 0.717) is 6.42 Å². The second-order valence-corrected chi connectivity index (χ2v) is 3.51. The summed E-state index contributed by atoms with van der Waals surface area (Å²) in [5.74, 6) is -0.357. The zero-order chi connectivity index (χ0) is 10.7. The van der Waals surface area contributed by atoms with Crippen LogP contribution in [0.5, 0.6) is 0 Å². The maximum atomic E-state index is 10.7. The minimum atomic E-state index is -0.357. The van der Waals surface area contributed by atoms with Crippen molar-refractivity contribution in [1.29, 1.82) is 0 Å². The highest BCUT2D eigenvalue weighted by molar-refractivity contribution is 6.01. The summed E-state index contributed by atoms with van der Waals surface area (Å²) in [6.07, 6.45) is 0.671. The van der Waals surface area contributed by atoms with E-state index in [1.165, 1.54) is 0 Å². The first-order valence-electron chi connectivity index (χ1n) is 4.82. The lowest BCUT2D eigenvalue weighted by Crippen LogP contribution is -2.20. The van der Waals surface area contributed by atoms with Gasteiger partial charge in [-0.3, -0.25) is 4.79 Å². The van der Waals surface area contributed by atoms with Crippen molar-refractivity contribution in [2.75, 3.05) is 0 Å². The highest BCUT2D eigenvalue weighted by Crippen LogP contribution is 2.18. The summed E-state index contributed by atoms with van der Waals surface area (Å²) < 4.78 is 0. The molecule has 0 radical (unpaired) electrons. The number of nitrogens with two attached hydrogens (primary N) is 1. The minimum absolute atomic E-state index is 0.197. The molecule has 4 heteroatoms. The second kappa shape index (κ2) is 4.13. The molecule has 0 fully saturated rings. The van der Waals surface area contributed by atoms with Gasteiger partial charge in [-0.05, 0) is 5.56 Å². The Morgan fingerprint density at radius 1 is 1.47 bits per heavy atom. The first-order valence-corrected chi connectivity index (χ1v) is 4.82. The average Bonchev–Trinajstić information content (AvgIpc) is 2.67. The van der Waals surface area contributed by atoms with Crippen LogP contribution in [0.15, 0.2) is 35.5 Å². The molecule has 0 bridgehead atoms. The van der Waals surface area contributed by atoms with E-state index >= 15 is 0 Å². The highest BCUT2D eigenvalue weighted by Gasteiger charge is 2.23. The number of nitrogens with zero attached hydrogens (tertiary/aromatic N) is 1. The van der Waals surface area contributed by atoms with Crippen molar-refractivity contribution in [3.8, 4) is 0 Å². The number of oxime groups is 1. The van der Waals surface area contributed by atoms with Crippen molar-refractivity contribution in [1.82, 2.24) is 0 Å². The largest absolute Gasteiger partial charge is 0.391 e. The van der Waals surface area contributed by atoms with Crippen LogP contribution < -0.4 is 5.73 Å². The second-order valence-electron chi connectivity index (χ2n) is 3.51. The molecule has 1 unspecified atom stereocenters. The van der Waals surface area contributed by atoms with Gasteiger partial charge in [0, 0.05) is 6.42 Å². The van der Waals surface area contributed by atoms with E-state index in [-0.39, 0.29) is 18.4 Å². The molecule has 15 heavy (non-hydrogen) atoms. The van der Waals surface area contributed by atoms with Gasteiger partial charge in [-0.2, -0.15) is 0 Å². The molecule has 1 aliphatic rings. The van der Waals surface area contributed by atoms with Crippen LogP contribution in [0, 0.1) is 0 Å². The molecule has 2 rings (SSSR count). The number of amides is 1. The van der Waals surface area contributed by atoms with Gasteiger partial charge in [0.1, 0.15) is 6.10 Å². The SMILES string of the molecule is NC(=O)CC1CC(c2ccccc2)=NO1. The van der Waals surface area contributed by atoms with Crippen LogP contribution >= 0.6 is 0 Å². The molecule has 0 aliphatic carbocycles. The molecule has 1 atom stereocenters. The first kappa shape index (κ1) is 9.71. The summed E-state index contributed by atoms with van der Waals surface area (Å²) in [4.78, 5) is 15.8. The van der Waals surface area contributed by atoms with Crippen LogP contribution in [0.25, 0.3) is 0 Å². The van der Waals surface area contributed by atoms with E-state index in [0.717, 1.165) is 11.3 Å². The van der Waals surface area contributed by atoms with E-state index in [1.54, 1.807) is 0 Å². The van der Waals surface area contributed by atoms with Crippen LogP contribution in [0.2, 0.25) is 0 Å². The van der Waals surface area contributed by atoms with Gasteiger partial charge >= 0.3 is 0 Å². The quantitative estimate of drug-likeness (QED) is 0.799. The van der Waals surface area contributed by atoms with Crippen LogP contribution in [0.4, 0.5) is 0 Å². The standard InChI is InChI=1S/C11H12N2O2/c12-11(14)7-9-6-10(13-15-9)8-4-2-1-3-5-8/h1-5,9H,6-7H2,(H2,12,14). The zero-order valence-electron chi connectivity index (χ0n) is 8.22. The van der Waals surface area contributed by atoms with Gasteiger partial charge in [0.05, 0.1) is 12.1 Å². The van der Waals surface area contributed by atoms with Gasteiger partial charge in [-0.25, -0.2) is 0 Å². The lowest BCUT2D eigenvalue weighted by molar-refractivity contribution is -0.120. The number of carbonyl (C=O) groups excluding carboxylic acids is 1. The Morgan fingerprint density at radius 2 is 2.20 bits per heavy atom. The maximum absolute atomic E-state index is 10.7. The number of primary amides is 1. The monoisotopic (exact) mass is 204 g/mol. The van der Waals surface area contributed by atoms with Crippen LogP contribution in [0.3, 0.4) is 0 Å². The third kappa shape index (κ3) is 2.34. The van der Waals surface area contributed by atoms with E-state index in [1.807, 2.05) is 30.3 Å². The number of carbonyl (C=O) groups is 1. The van der Waals surface area contributed by atoms with Gasteiger partial charge in [0.15, 0.2) is 0 Å². The van der Waals surface area contributed by atoms with Crippen molar-refractivity contribution >= 4 is 11.6 Å². The van der Waals surface area contributed by atoms with Crippen molar-refractivity contribution in [3.05, 3.63) is 35.9 Å². The molecule has 0 aromatic heterocycles. The number of hydrogen-bond donors (Lipinski definition) is 1. The van der Waals surface area contributed by atoms with Crippen molar-refractivity contribution in [2.24, 2.45) is 10.9 Å². The molecule has 1 amide bonds. The van der Waals surface area contributed by atoms with Gasteiger partial charge in [0.2, 0.25) is 5.91 Å². The fraction of sp³-hybridized carbons (Fsp3) is 0.273. The summed E-state index contributed by atoms with van der Waals surface area (Å²) >= 11 is 0. The summed E-state index contributed by atoms with van der Waals surface area (Å²) in [6, 6.07) is 9.77. The Morgan fingerprint density at radius 3 is 2.87 bits per heavy atom. The van der Waals surface area contributed by atoms with Gasteiger partial charge in [-0.15, -0.1) is 0 Å². The molecule has 1 aromatic carbocycles. The normalized spacial score (nSPS) is 19.5. The summed E-state index contributed by atoms with van der Waals surface area (Å²) in [6.45, 7) is 0. The molecule has 1 heterocycles. The Hall–Kier alpha value is -1.84. The fourth-order valence-electron chi connectivity index (χ4n) is 1.56. The van der Waals surface area contributed by atoms with Crippen LogP contribution in [-0.4, -0.2) is 17.7 Å². The van der Waals surface area contributed by atoms with E-state index in [2.05, 4.69) is 5.16 Å². The Balaban J connectivity index is 2.01. The topological polar surface area (TPSA) is 64.7 Å². The van der Waals surface area contributed by atoms with Gasteiger partial charge < -0.3 is 10.6 Å². The molecule has 4 nitrogen and oxygen atoms in total. The maximum Gasteiger partial charge on any atom is 0.221 e. The zero-order valence-corrected chi connectivity index (χ0v) is 8.22. The smallest absolute Gasteiger partial charge is 0.221 e. The van der Waals surface area contributed by atoms with Gasteiger partial charge in [-0.1, -0.05) is 35.5 Å². The van der Waals surface area contributed by atoms with E-state index in [9.17, 15) is 4.79 Å². The highest BCUT2D eigenvalue weighted by atomic mass is 16.6. The molecule has 1 aromatic rings. The molecule has 0 spiro atoms. The lowest BCUT2D eigenvalue weighted by atomic mass is 10.0. The Kier molecular flexibility index (Phi) is 2.67. The first-order chi connectivity index (χ1) is 7.25. The lowest BCUT2D eigenvalue weighted by Gasteiger charge is -2.03. The molecule has 1 aliphatic heterocycles. The molecular weight excluding hydrogens is 192 g/mol. The molecule has 0 saturated heterocycles. The summed E-state index contributed by atoms with van der Waals surface area (Å²) in [5, 5.41) is 3.95. The predicted molar refractivity (Wildman–Crippen MR) is 56.3 cm³/mol. The predicted octanol–water partition coefficient (Wildman–Crippen LogP) is 1.05. The summed E-state index contributed by atoms with van der Waals surface area (Å²) in [5.41, 5.74) is 7.00. The molecule has 2 N–H and O–H groups in total. The van der Waals surface area contributed by atoms with E-state index < -0.39 is 0 Å². The minimum Gasteiger partial charge on any atom is -0.391 e. The number of benzene rings is 1. The number of hydrogen-bond acceptors (Lipinski definition) is 3. The van der Waals surface area contributed by atoms with Crippen LogP contribution in [-0.2, 0) is 9.63 Å². The van der Waals surface area contributed by atoms with Crippen molar-refractivity contribution in [3.63, 3.8) is 0 Å². The van der Waals surface area contributed by atoms with Gasteiger partial charge in [0.25, 0.3) is 0 Å². The third-order valence-corrected chi connectivity index (χ3v) is 2.27. The summed E-state index contributed by atoms with van der Waals surface area (Å²) in [7, 11) is 0. The van der Waals surface area contributed by atoms with Crippen LogP contribution in [0.1, 0.15) is 18.4 Å². The fourth-order valence-corrected chi connectivity index (χ4v) is 1.56. The average molecular weight is 204 g/mol. The van der Waals surface area contributed by atoms with Crippen molar-refractivity contribution < 1.29 is 9.63 Å². The van der Waals surface area contributed by atoms with Crippen molar-refractivity contribution in [2.45, 2.75) is 18.9 Å². The molecular formula is C11H12N2O2. The van der Waals surface area contributed by atoms with E-state index in [4.69, 9.17) is 10.6 Å². The molecule has 78 valence electrons.